The van der Waals surface area contributed by atoms with Gasteiger partial charge in [-0.1, -0.05) is 18.2 Å². The van der Waals surface area contributed by atoms with Crippen molar-refractivity contribution in [2.75, 3.05) is 0 Å². The zero-order valence-corrected chi connectivity index (χ0v) is 11.2. The Morgan fingerprint density at radius 2 is 2.00 bits per heavy atom. The molecule has 1 aromatic carbocycles. The molecule has 0 amide bonds. The molecule has 0 unspecified atom stereocenters. The Morgan fingerprint density at radius 1 is 1.19 bits per heavy atom. The van der Waals surface area contributed by atoms with Gasteiger partial charge in [0.25, 0.3) is 0 Å². The van der Waals surface area contributed by atoms with Crippen LogP contribution in [0.15, 0.2) is 59.2 Å². The molecule has 0 bridgehead atoms. The van der Waals surface area contributed by atoms with E-state index in [0.717, 1.165) is 5.56 Å². The van der Waals surface area contributed by atoms with Crippen LogP contribution in [0.2, 0.25) is 0 Å². The first-order valence-corrected chi connectivity index (χ1v) is 6.18. The number of aromatic nitrogens is 1. The van der Waals surface area contributed by atoms with Crippen LogP contribution in [0.3, 0.4) is 0 Å². The third-order valence-corrected chi connectivity index (χ3v) is 2.58. The number of hydrogen-bond acceptors (Lipinski definition) is 6. The molecule has 7 nitrogen and oxygen atoms in total. The number of benzene rings is 1. The van der Waals surface area contributed by atoms with E-state index in [2.05, 4.69) is 15.5 Å². The lowest BCUT2D eigenvalue weighted by Gasteiger charge is -2.06. The van der Waals surface area contributed by atoms with Crippen molar-refractivity contribution in [1.29, 1.82) is 0 Å². The Labute approximate surface area is 121 Å². The van der Waals surface area contributed by atoms with E-state index in [1.807, 2.05) is 6.07 Å². The molecule has 0 aliphatic carbocycles. The highest BCUT2D eigenvalue weighted by atomic mass is 16.6. The van der Waals surface area contributed by atoms with Gasteiger partial charge in [0.15, 0.2) is 6.61 Å². The molecule has 2 rings (SSSR count). The lowest BCUT2D eigenvalue weighted by atomic mass is 10.2. The fourth-order valence-corrected chi connectivity index (χ4v) is 1.63. The van der Waals surface area contributed by atoms with Crippen LogP contribution in [-0.2, 0) is 22.8 Å². The van der Waals surface area contributed by atoms with Gasteiger partial charge in [-0.15, -0.1) is 0 Å². The number of nitrogens with two attached hydrogens (primary N) is 1. The molecule has 7 heteroatoms. The van der Waals surface area contributed by atoms with Gasteiger partial charge in [0.2, 0.25) is 0 Å². The molecular weight excluding hydrogens is 272 g/mol. The number of ether oxygens (including phenoxy) is 1. The van der Waals surface area contributed by atoms with Gasteiger partial charge >= 0.3 is 5.97 Å². The zero-order valence-electron chi connectivity index (χ0n) is 11.2. The minimum atomic E-state index is -0.373. The maximum atomic E-state index is 11.8. The summed E-state index contributed by atoms with van der Waals surface area (Å²) in [5.74, 6) is 4.44. The number of carbonyl (C=O) groups excluding carboxylic acids is 1. The molecule has 0 atom stereocenters. The Hall–Kier alpha value is -2.96. The van der Waals surface area contributed by atoms with Crippen molar-refractivity contribution in [3.63, 3.8) is 0 Å². The molecule has 0 fully saturated rings. The molecule has 2 aromatic rings. The van der Waals surface area contributed by atoms with Crippen LogP contribution in [0.4, 0.5) is 0 Å². The van der Waals surface area contributed by atoms with Gasteiger partial charge in [-0.2, -0.15) is 0 Å². The van der Waals surface area contributed by atoms with Crippen LogP contribution in [0.1, 0.15) is 21.6 Å². The zero-order chi connectivity index (χ0) is 14.9. The fourth-order valence-electron chi connectivity index (χ4n) is 1.63. The first-order chi connectivity index (χ1) is 10.3. The molecule has 1 heterocycles. The monoisotopic (exact) mass is 286 g/mol. The minimum absolute atomic E-state index is 0.140. The maximum Gasteiger partial charge on any atom is 0.338 e. The van der Waals surface area contributed by atoms with Gasteiger partial charge in [-0.05, 0) is 35.1 Å². The van der Waals surface area contributed by atoms with E-state index in [9.17, 15) is 4.79 Å². The summed E-state index contributed by atoms with van der Waals surface area (Å²) in [6, 6.07) is 12.3. The summed E-state index contributed by atoms with van der Waals surface area (Å²) in [5, 5.41) is 6.16. The molecule has 0 aliphatic rings. The molecule has 0 aliphatic heterocycles. The first-order valence-electron chi connectivity index (χ1n) is 6.18. The number of pyridine rings is 1. The van der Waals surface area contributed by atoms with Crippen molar-refractivity contribution in [1.82, 2.24) is 4.98 Å². The Bertz CT molecular complexity index is 617. The Balaban J connectivity index is 1.91. The molecule has 0 radical (unpaired) electrons. The van der Waals surface area contributed by atoms with E-state index < -0.39 is 0 Å². The summed E-state index contributed by atoms with van der Waals surface area (Å²) >= 11 is 0. The quantitative estimate of drug-likeness (QED) is 0.380. The fraction of sp³-hybridized carbons (Fsp3) is 0.143. The molecule has 1 aromatic heterocycles. The number of carbonyl (C=O) groups is 1. The smallest absolute Gasteiger partial charge is 0.338 e. The van der Waals surface area contributed by atoms with Crippen LogP contribution in [0, 0.1) is 0 Å². The molecule has 0 saturated carbocycles. The van der Waals surface area contributed by atoms with Gasteiger partial charge in [-0.25, -0.2) is 4.79 Å². The third-order valence-electron chi connectivity index (χ3n) is 2.58. The topological polar surface area (TPSA) is 99.2 Å². The van der Waals surface area contributed by atoms with Gasteiger partial charge in [0, 0.05) is 11.5 Å². The van der Waals surface area contributed by atoms with E-state index >= 15 is 0 Å². The van der Waals surface area contributed by atoms with Crippen LogP contribution < -0.4 is 5.84 Å². The predicted molar refractivity (Wildman–Crippen MR) is 73.6 cm³/mol. The van der Waals surface area contributed by atoms with Crippen molar-refractivity contribution >= 4 is 5.97 Å². The lowest BCUT2D eigenvalue weighted by molar-refractivity contribution is 0.0472. The first kappa shape index (κ1) is 14.4. The van der Waals surface area contributed by atoms with Crippen LogP contribution in [0.5, 0.6) is 0 Å². The summed E-state index contributed by atoms with van der Waals surface area (Å²) < 4.78 is 5.23. The number of rotatable bonds is 6. The van der Waals surface area contributed by atoms with Gasteiger partial charge in [-0.3, -0.25) is 4.98 Å². The number of nitrogens with zero attached hydrogens (tertiary/aromatic N) is 3. The largest absolute Gasteiger partial charge is 0.457 e. The summed E-state index contributed by atoms with van der Waals surface area (Å²) in [5.41, 5.74) is 1.95. The van der Waals surface area contributed by atoms with Gasteiger partial charge < -0.3 is 15.4 Å². The molecular formula is C14H14N4O3. The minimum Gasteiger partial charge on any atom is -0.457 e. The predicted octanol–water partition coefficient (Wildman–Crippen LogP) is 2.20. The maximum absolute atomic E-state index is 11.8. The van der Waals surface area contributed by atoms with E-state index in [0.29, 0.717) is 11.3 Å². The van der Waals surface area contributed by atoms with Crippen molar-refractivity contribution < 1.29 is 14.4 Å². The van der Waals surface area contributed by atoms with E-state index in [-0.39, 0.29) is 19.2 Å². The standard InChI is InChI=1S/C14H14N4O3/c15-17-18-21-10-13-8-11(6-7-16-13)9-20-14(19)12-4-2-1-3-5-12/h1-8H,9-10H2,(H2,15,18). The second-order valence-corrected chi connectivity index (χ2v) is 4.07. The normalized spacial score (nSPS) is 10.5. The highest BCUT2D eigenvalue weighted by Gasteiger charge is 2.06. The average molecular weight is 286 g/mol. The molecule has 2 N–H and O–H groups in total. The summed E-state index contributed by atoms with van der Waals surface area (Å²) in [6.45, 7) is 0.294. The lowest BCUT2D eigenvalue weighted by Crippen LogP contribution is -2.05. The van der Waals surface area contributed by atoms with Crippen molar-refractivity contribution in [3.05, 3.63) is 65.5 Å². The SMILES string of the molecule is NN=NOCc1cc(COC(=O)c2ccccc2)ccn1. The van der Waals surface area contributed by atoms with Crippen LogP contribution >= 0.6 is 0 Å². The Kier molecular flexibility index (Phi) is 5.22. The third kappa shape index (κ3) is 4.57. The Morgan fingerprint density at radius 3 is 2.76 bits per heavy atom. The molecule has 21 heavy (non-hydrogen) atoms. The number of hydrogen-bond donors (Lipinski definition) is 1. The number of esters is 1. The summed E-state index contributed by atoms with van der Waals surface area (Å²) in [6.07, 6.45) is 1.60. The summed E-state index contributed by atoms with van der Waals surface area (Å²) in [7, 11) is 0. The second kappa shape index (κ2) is 7.59. The van der Waals surface area contributed by atoms with Crippen LogP contribution in [-0.4, -0.2) is 11.0 Å². The van der Waals surface area contributed by atoms with Crippen molar-refractivity contribution in [2.24, 2.45) is 16.3 Å². The highest BCUT2D eigenvalue weighted by Crippen LogP contribution is 2.08. The molecule has 0 spiro atoms. The highest BCUT2D eigenvalue weighted by molar-refractivity contribution is 5.89. The summed E-state index contributed by atoms with van der Waals surface area (Å²) in [4.78, 5) is 20.7. The average Bonchev–Trinajstić information content (AvgIpc) is 2.54. The van der Waals surface area contributed by atoms with Crippen LogP contribution in [0.25, 0.3) is 0 Å². The van der Waals surface area contributed by atoms with E-state index in [1.165, 1.54) is 0 Å². The van der Waals surface area contributed by atoms with E-state index in [4.69, 9.17) is 15.4 Å². The van der Waals surface area contributed by atoms with Crippen molar-refractivity contribution in [3.8, 4) is 0 Å². The van der Waals surface area contributed by atoms with E-state index in [1.54, 1.807) is 42.6 Å². The van der Waals surface area contributed by atoms with Gasteiger partial charge in [0.05, 0.1) is 11.3 Å². The second-order valence-electron chi connectivity index (χ2n) is 4.07. The molecule has 108 valence electrons. The van der Waals surface area contributed by atoms with Crippen molar-refractivity contribution in [2.45, 2.75) is 13.2 Å². The molecule has 0 saturated heterocycles. The van der Waals surface area contributed by atoms with Gasteiger partial charge in [0.1, 0.15) is 6.61 Å².